The molecule has 2 heteroatoms. The van der Waals surface area contributed by atoms with Gasteiger partial charge in [0, 0.05) is 12.6 Å². The first-order valence-corrected chi connectivity index (χ1v) is 7.72. The zero-order valence-corrected chi connectivity index (χ0v) is 12.2. The molecule has 2 unspecified atom stereocenters. The van der Waals surface area contributed by atoms with E-state index in [9.17, 15) is 5.11 Å². The molecule has 2 rings (SSSR count). The highest BCUT2D eigenvalue weighted by atomic mass is 16.3. The van der Waals surface area contributed by atoms with Crippen LogP contribution in [-0.2, 0) is 0 Å². The van der Waals surface area contributed by atoms with Crippen LogP contribution in [0.25, 0.3) is 0 Å². The lowest BCUT2D eigenvalue weighted by molar-refractivity contribution is 0.0973. The van der Waals surface area contributed by atoms with E-state index in [1.807, 2.05) is 0 Å². The van der Waals surface area contributed by atoms with E-state index in [-0.39, 0.29) is 6.10 Å². The van der Waals surface area contributed by atoms with E-state index < -0.39 is 0 Å². The number of benzene rings is 1. The van der Waals surface area contributed by atoms with Crippen molar-refractivity contribution in [3.05, 3.63) is 35.9 Å². The van der Waals surface area contributed by atoms with Gasteiger partial charge in [-0.25, -0.2) is 0 Å². The van der Waals surface area contributed by atoms with Gasteiger partial charge in [0.1, 0.15) is 0 Å². The maximum absolute atomic E-state index is 10.2. The summed E-state index contributed by atoms with van der Waals surface area (Å²) in [6.07, 6.45) is 4.51. The van der Waals surface area contributed by atoms with Crippen molar-refractivity contribution in [3.8, 4) is 0 Å². The number of hydrogen-bond donors (Lipinski definition) is 2. The fourth-order valence-electron chi connectivity index (χ4n) is 2.89. The van der Waals surface area contributed by atoms with Crippen LogP contribution < -0.4 is 5.32 Å². The second kappa shape index (κ2) is 7.06. The Morgan fingerprint density at radius 2 is 1.79 bits per heavy atom. The van der Waals surface area contributed by atoms with Gasteiger partial charge in [0.2, 0.25) is 0 Å². The molecule has 0 bridgehead atoms. The monoisotopic (exact) mass is 261 g/mol. The van der Waals surface area contributed by atoms with Crippen LogP contribution >= 0.6 is 0 Å². The van der Waals surface area contributed by atoms with Crippen molar-refractivity contribution in [3.63, 3.8) is 0 Å². The predicted octanol–water partition coefficient (Wildman–Crippen LogP) is 3.52. The average Bonchev–Trinajstić information content (AvgIpc) is 3.26. The van der Waals surface area contributed by atoms with Crippen LogP contribution in [0.1, 0.15) is 51.1 Å². The van der Waals surface area contributed by atoms with Crippen LogP contribution in [0.5, 0.6) is 0 Å². The quantitative estimate of drug-likeness (QED) is 0.750. The Morgan fingerprint density at radius 1 is 1.16 bits per heavy atom. The van der Waals surface area contributed by atoms with Gasteiger partial charge < -0.3 is 10.4 Å². The topological polar surface area (TPSA) is 32.3 Å². The summed E-state index contributed by atoms with van der Waals surface area (Å²) < 4.78 is 0. The maximum Gasteiger partial charge on any atom is 0.0692 e. The molecule has 1 aliphatic rings. The van der Waals surface area contributed by atoms with Gasteiger partial charge in [-0.05, 0) is 30.2 Å². The SMILES string of the molecule is CCC(CC)C(O)CNC(c1ccccc1)C1CC1. The predicted molar refractivity (Wildman–Crippen MR) is 80.0 cm³/mol. The number of nitrogens with one attached hydrogen (secondary N) is 1. The first-order chi connectivity index (χ1) is 9.26. The molecule has 1 fully saturated rings. The Hall–Kier alpha value is -0.860. The molecule has 1 saturated carbocycles. The van der Waals surface area contributed by atoms with Crippen molar-refractivity contribution in [2.45, 2.75) is 51.7 Å². The molecule has 2 N–H and O–H groups in total. The van der Waals surface area contributed by atoms with E-state index >= 15 is 0 Å². The minimum Gasteiger partial charge on any atom is -0.392 e. The molecule has 0 amide bonds. The van der Waals surface area contributed by atoms with E-state index in [4.69, 9.17) is 0 Å². The number of aliphatic hydroxyl groups excluding tert-OH is 1. The van der Waals surface area contributed by atoms with Gasteiger partial charge in [-0.15, -0.1) is 0 Å². The van der Waals surface area contributed by atoms with Gasteiger partial charge >= 0.3 is 0 Å². The van der Waals surface area contributed by atoms with Gasteiger partial charge in [-0.2, -0.15) is 0 Å². The molecule has 2 atom stereocenters. The van der Waals surface area contributed by atoms with Gasteiger partial charge in [0.15, 0.2) is 0 Å². The van der Waals surface area contributed by atoms with Crippen molar-refractivity contribution in [1.82, 2.24) is 5.32 Å². The Bertz CT molecular complexity index is 357. The molecule has 1 aromatic rings. The Kier molecular flexibility index (Phi) is 5.41. The normalized spacial score (nSPS) is 18.5. The number of rotatable bonds is 8. The molecule has 0 aromatic heterocycles. The summed E-state index contributed by atoms with van der Waals surface area (Å²) in [6.45, 7) is 5.03. The third kappa shape index (κ3) is 4.05. The summed E-state index contributed by atoms with van der Waals surface area (Å²) in [5.41, 5.74) is 1.36. The Labute approximate surface area is 117 Å². The Morgan fingerprint density at radius 3 is 2.32 bits per heavy atom. The summed E-state index contributed by atoms with van der Waals surface area (Å²) in [6, 6.07) is 11.1. The second-order valence-electron chi connectivity index (χ2n) is 5.78. The fraction of sp³-hybridized carbons (Fsp3) is 0.647. The highest BCUT2D eigenvalue weighted by Crippen LogP contribution is 2.40. The average molecular weight is 261 g/mol. The maximum atomic E-state index is 10.2. The van der Waals surface area contributed by atoms with Crippen LogP contribution in [0.3, 0.4) is 0 Å². The first-order valence-electron chi connectivity index (χ1n) is 7.72. The van der Waals surface area contributed by atoms with Crippen LogP contribution in [0, 0.1) is 11.8 Å². The molecule has 0 spiro atoms. The van der Waals surface area contributed by atoms with Crippen molar-refractivity contribution >= 4 is 0 Å². The lowest BCUT2D eigenvalue weighted by Crippen LogP contribution is -2.35. The van der Waals surface area contributed by atoms with Crippen molar-refractivity contribution in [1.29, 1.82) is 0 Å². The van der Waals surface area contributed by atoms with Gasteiger partial charge in [0.05, 0.1) is 6.10 Å². The lowest BCUT2D eigenvalue weighted by atomic mass is 9.95. The molecule has 1 aromatic carbocycles. The van der Waals surface area contributed by atoms with Crippen LogP contribution in [0.2, 0.25) is 0 Å². The fourth-order valence-corrected chi connectivity index (χ4v) is 2.89. The third-order valence-corrected chi connectivity index (χ3v) is 4.39. The van der Waals surface area contributed by atoms with E-state index in [0.29, 0.717) is 18.5 Å². The zero-order valence-electron chi connectivity index (χ0n) is 12.2. The number of hydrogen-bond acceptors (Lipinski definition) is 2. The summed E-state index contributed by atoms with van der Waals surface area (Å²) in [5.74, 6) is 1.18. The molecule has 2 nitrogen and oxygen atoms in total. The molecule has 106 valence electrons. The van der Waals surface area contributed by atoms with E-state index in [1.54, 1.807) is 0 Å². The third-order valence-electron chi connectivity index (χ3n) is 4.39. The van der Waals surface area contributed by atoms with Crippen molar-refractivity contribution in [2.75, 3.05) is 6.54 Å². The Balaban J connectivity index is 1.91. The molecule has 19 heavy (non-hydrogen) atoms. The minimum absolute atomic E-state index is 0.222. The van der Waals surface area contributed by atoms with E-state index in [0.717, 1.165) is 18.8 Å². The van der Waals surface area contributed by atoms with Crippen molar-refractivity contribution < 1.29 is 5.11 Å². The molecule has 0 saturated heterocycles. The smallest absolute Gasteiger partial charge is 0.0692 e. The van der Waals surface area contributed by atoms with Crippen LogP contribution in [0.15, 0.2) is 30.3 Å². The first kappa shape index (κ1) is 14.5. The number of aliphatic hydroxyl groups is 1. The minimum atomic E-state index is -0.222. The van der Waals surface area contributed by atoms with E-state index in [2.05, 4.69) is 49.5 Å². The highest BCUT2D eigenvalue weighted by molar-refractivity contribution is 5.21. The molecule has 0 aliphatic heterocycles. The molecule has 1 aliphatic carbocycles. The summed E-state index contributed by atoms with van der Waals surface area (Å²) >= 11 is 0. The van der Waals surface area contributed by atoms with E-state index in [1.165, 1.54) is 18.4 Å². The zero-order chi connectivity index (χ0) is 13.7. The summed E-state index contributed by atoms with van der Waals surface area (Å²) in [5, 5.41) is 13.8. The summed E-state index contributed by atoms with van der Waals surface area (Å²) in [4.78, 5) is 0. The molecule has 0 heterocycles. The van der Waals surface area contributed by atoms with Gasteiger partial charge in [-0.3, -0.25) is 0 Å². The second-order valence-corrected chi connectivity index (χ2v) is 5.78. The largest absolute Gasteiger partial charge is 0.392 e. The summed E-state index contributed by atoms with van der Waals surface area (Å²) in [7, 11) is 0. The van der Waals surface area contributed by atoms with Gasteiger partial charge in [0.25, 0.3) is 0 Å². The van der Waals surface area contributed by atoms with Crippen LogP contribution in [0.4, 0.5) is 0 Å². The molecular weight excluding hydrogens is 234 g/mol. The van der Waals surface area contributed by atoms with Crippen molar-refractivity contribution in [2.24, 2.45) is 11.8 Å². The van der Waals surface area contributed by atoms with Crippen LogP contribution in [-0.4, -0.2) is 17.8 Å². The molecular formula is C17H27NO. The molecule has 0 radical (unpaired) electrons. The lowest BCUT2D eigenvalue weighted by Gasteiger charge is -2.25. The van der Waals surface area contributed by atoms with Gasteiger partial charge in [-0.1, -0.05) is 57.0 Å². The highest BCUT2D eigenvalue weighted by Gasteiger charge is 2.32. The standard InChI is InChI=1S/C17H27NO/c1-3-13(4-2)16(19)12-18-17(15-10-11-15)14-8-6-5-7-9-14/h5-9,13,15-19H,3-4,10-12H2,1-2H3.